The zero-order chi connectivity index (χ0) is 56.5. The predicted octanol–water partition coefficient (Wildman–Crippen LogP) is 15.9. The van der Waals surface area contributed by atoms with E-state index in [9.17, 15) is 35.9 Å². The van der Waals surface area contributed by atoms with Crippen molar-refractivity contribution in [2.45, 2.75) is 117 Å². The highest BCUT2D eigenvalue weighted by molar-refractivity contribution is 7.15. The molecule has 410 valence electrons. The summed E-state index contributed by atoms with van der Waals surface area (Å²) < 4.78 is 112. The van der Waals surface area contributed by atoms with Crippen LogP contribution in [0.2, 0.25) is 0 Å². The average Bonchev–Trinajstić information content (AvgIpc) is 3.99. The normalized spacial score (nSPS) is 15.0. The molecule has 7 rings (SSSR count). The zero-order valence-corrected chi connectivity index (χ0v) is 46.2. The third-order valence-corrected chi connectivity index (χ3v) is 14.9. The van der Waals surface area contributed by atoms with Crippen molar-refractivity contribution in [3.05, 3.63) is 165 Å². The molecule has 0 N–H and O–H groups in total. The lowest BCUT2D eigenvalue weighted by Gasteiger charge is -2.31. The molecule has 18 heteroatoms. The summed E-state index contributed by atoms with van der Waals surface area (Å²) in [6, 6.07) is 20.8. The molecular formula is C59H62F6N2O8S2. The van der Waals surface area contributed by atoms with Gasteiger partial charge < -0.3 is 28.4 Å². The van der Waals surface area contributed by atoms with Gasteiger partial charge in [0.05, 0.1) is 46.0 Å². The number of carbonyl (C=O) groups excluding carboxylic acids is 2. The third kappa shape index (κ3) is 15.0. The van der Waals surface area contributed by atoms with Crippen LogP contribution in [0.1, 0.15) is 104 Å². The Kier molecular flexibility index (Phi) is 19.0. The topological polar surface area (TPSA) is 115 Å². The third-order valence-electron chi connectivity index (χ3n) is 12.1. The number of alkyl halides is 6. The number of aromatic nitrogens is 2. The lowest BCUT2D eigenvalue weighted by Crippen LogP contribution is -2.39. The molecule has 0 saturated heterocycles. The van der Waals surface area contributed by atoms with Crippen LogP contribution in [0.15, 0.2) is 122 Å². The molecule has 0 bridgehead atoms. The van der Waals surface area contributed by atoms with Gasteiger partial charge in [0.1, 0.15) is 45.7 Å². The van der Waals surface area contributed by atoms with E-state index in [0.717, 1.165) is 56.5 Å². The molecular weight excluding hydrogens is 1040 g/mol. The van der Waals surface area contributed by atoms with Crippen LogP contribution in [-0.4, -0.2) is 52.9 Å². The number of hydrogen-bond donors (Lipinski definition) is 0. The fourth-order valence-corrected chi connectivity index (χ4v) is 10.4. The Morgan fingerprint density at radius 1 is 0.675 bits per heavy atom. The standard InChI is InChI=1S/C31H32F3NO4S.C28H30F3NO4S/c1-6-37-28(36)29(4,5)39-25-15-14-24(18-20(25)2)38-19-30(16-8-7-9-17-30)26-21(3)35-27(40-26)22-10-12-23(13-11-22)31(32,33)34;1-7-9-23(24-18(4)32-25(37-24)19-10-12-20(13-11-19)28(29,30)31)35-21-14-15-22(17(3)16-21)36-27(5,6)26(33)34-8-2/h7-16,18H,6,17,19H2,1-5H3;7,10-16,23H,1,8-9H2,2-6H3. The first-order valence-corrected chi connectivity index (χ1v) is 26.3. The van der Waals surface area contributed by atoms with E-state index in [2.05, 4.69) is 23.7 Å². The number of ether oxygens (including phenoxy) is 6. The molecule has 0 fully saturated rings. The van der Waals surface area contributed by atoms with Crippen LogP contribution in [0.5, 0.6) is 23.0 Å². The van der Waals surface area contributed by atoms with Crippen molar-refractivity contribution in [2.75, 3.05) is 19.8 Å². The number of halogens is 6. The second kappa shape index (κ2) is 24.6. The quantitative estimate of drug-likeness (QED) is 0.0441. The highest BCUT2D eigenvalue weighted by Crippen LogP contribution is 2.43. The molecule has 2 unspecified atom stereocenters. The summed E-state index contributed by atoms with van der Waals surface area (Å²) in [5.74, 6) is 1.43. The fraction of sp³-hybridized carbons (Fsp3) is 0.356. The van der Waals surface area contributed by atoms with Crippen molar-refractivity contribution < 1.29 is 64.4 Å². The van der Waals surface area contributed by atoms with Crippen LogP contribution in [-0.2, 0) is 36.8 Å². The average molecular weight is 1110 g/mol. The first-order valence-electron chi connectivity index (χ1n) is 24.7. The summed E-state index contributed by atoms with van der Waals surface area (Å²) in [7, 11) is 0. The minimum absolute atomic E-state index is 0.264. The van der Waals surface area contributed by atoms with E-state index in [4.69, 9.17) is 33.4 Å². The molecule has 0 spiro atoms. The smallest absolute Gasteiger partial charge is 0.416 e. The Morgan fingerprint density at radius 3 is 1.61 bits per heavy atom. The van der Waals surface area contributed by atoms with Crippen molar-refractivity contribution in [1.29, 1.82) is 0 Å². The Labute approximate surface area is 453 Å². The van der Waals surface area contributed by atoms with Crippen LogP contribution in [0.4, 0.5) is 26.3 Å². The Morgan fingerprint density at radius 2 is 1.16 bits per heavy atom. The molecule has 10 nitrogen and oxygen atoms in total. The first kappa shape index (κ1) is 59.3. The Balaban J connectivity index is 0.000000250. The molecule has 0 amide bonds. The number of aryl methyl sites for hydroxylation is 4. The second-order valence-corrected chi connectivity index (χ2v) is 21.2. The van der Waals surface area contributed by atoms with Crippen molar-refractivity contribution in [3.8, 4) is 44.1 Å². The minimum atomic E-state index is -4.39. The Bertz CT molecular complexity index is 3080. The molecule has 6 aromatic rings. The van der Waals surface area contributed by atoms with Gasteiger partial charge in [-0.15, -0.1) is 29.3 Å². The summed E-state index contributed by atoms with van der Waals surface area (Å²) in [4.78, 5) is 35.6. The molecule has 1 aliphatic carbocycles. The van der Waals surface area contributed by atoms with Gasteiger partial charge >= 0.3 is 24.3 Å². The SMILES string of the molecule is C=CCC(Oc1ccc(OC(C)(C)C(=O)OCC)c(C)c1)c1sc(-c2ccc(C(F)(F)F)cc2)nc1C.CCOC(=O)C(C)(C)Oc1ccc(OCC2(c3sc(-c4ccc(C(F)(F)F)cc4)nc3C)C=CC=CC2)cc1C. The predicted molar refractivity (Wildman–Crippen MR) is 288 cm³/mol. The summed E-state index contributed by atoms with van der Waals surface area (Å²) in [6.45, 7) is 22.3. The molecule has 1 aliphatic rings. The van der Waals surface area contributed by atoms with Crippen LogP contribution in [0.3, 0.4) is 0 Å². The van der Waals surface area contributed by atoms with Gasteiger partial charge in [-0.1, -0.05) is 54.6 Å². The highest BCUT2D eigenvalue weighted by atomic mass is 32.1. The maximum Gasteiger partial charge on any atom is 0.416 e. The molecule has 2 heterocycles. The van der Waals surface area contributed by atoms with E-state index in [0.29, 0.717) is 63.6 Å². The number of hydrogen-bond acceptors (Lipinski definition) is 12. The first-order chi connectivity index (χ1) is 36.2. The van der Waals surface area contributed by atoms with Gasteiger partial charge in [0, 0.05) is 22.4 Å². The molecule has 0 saturated carbocycles. The Hall–Kier alpha value is -6.92. The van der Waals surface area contributed by atoms with Crippen molar-refractivity contribution >= 4 is 34.6 Å². The van der Waals surface area contributed by atoms with E-state index in [1.54, 1.807) is 71.9 Å². The van der Waals surface area contributed by atoms with E-state index >= 15 is 0 Å². The number of rotatable bonds is 19. The zero-order valence-electron chi connectivity index (χ0n) is 44.5. The summed E-state index contributed by atoms with van der Waals surface area (Å²) in [6.07, 6.45) is 1.89. The van der Waals surface area contributed by atoms with Crippen molar-refractivity contribution in [3.63, 3.8) is 0 Å². The van der Waals surface area contributed by atoms with Gasteiger partial charge in [-0.2, -0.15) is 26.3 Å². The van der Waals surface area contributed by atoms with Gasteiger partial charge in [-0.3, -0.25) is 0 Å². The highest BCUT2D eigenvalue weighted by Gasteiger charge is 2.37. The summed E-state index contributed by atoms with van der Waals surface area (Å²) >= 11 is 2.84. The molecule has 77 heavy (non-hydrogen) atoms. The summed E-state index contributed by atoms with van der Waals surface area (Å²) in [5.41, 5.74) is 0.197. The number of thiazole rings is 2. The van der Waals surface area contributed by atoms with Crippen LogP contribution in [0, 0.1) is 27.7 Å². The van der Waals surface area contributed by atoms with Crippen LogP contribution >= 0.6 is 22.7 Å². The lowest BCUT2D eigenvalue weighted by atomic mass is 9.80. The van der Waals surface area contributed by atoms with E-state index in [1.165, 1.54) is 46.9 Å². The molecule has 0 radical (unpaired) electrons. The van der Waals surface area contributed by atoms with Gasteiger partial charge in [0.25, 0.3) is 0 Å². The van der Waals surface area contributed by atoms with E-state index < -0.39 is 52.0 Å². The molecule has 0 aliphatic heterocycles. The second-order valence-electron chi connectivity index (χ2n) is 19.1. The van der Waals surface area contributed by atoms with Gasteiger partial charge in [0.15, 0.2) is 11.2 Å². The van der Waals surface area contributed by atoms with Crippen LogP contribution in [0.25, 0.3) is 21.1 Å². The van der Waals surface area contributed by atoms with Gasteiger partial charge in [-0.25, -0.2) is 19.6 Å². The van der Waals surface area contributed by atoms with Crippen molar-refractivity contribution in [1.82, 2.24) is 9.97 Å². The maximum absolute atomic E-state index is 13.0. The number of esters is 2. The minimum Gasteiger partial charge on any atom is -0.492 e. The van der Waals surface area contributed by atoms with E-state index in [1.807, 2.05) is 52.0 Å². The number of carbonyl (C=O) groups is 2. The van der Waals surface area contributed by atoms with Gasteiger partial charge in [-0.05, 0) is 147 Å². The fourth-order valence-electron chi connectivity index (χ4n) is 8.04. The van der Waals surface area contributed by atoms with Crippen molar-refractivity contribution in [2.24, 2.45) is 0 Å². The summed E-state index contributed by atoms with van der Waals surface area (Å²) in [5, 5.41) is 1.27. The number of nitrogens with zero attached hydrogens (tertiary/aromatic N) is 2. The maximum atomic E-state index is 13.0. The molecule has 2 atom stereocenters. The molecule has 4 aromatic carbocycles. The lowest BCUT2D eigenvalue weighted by molar-refractivity contribution is -0.159. The van der Waals surface area contributed by atoms with E-state index in [-0.39, 0.29) is 19.3 Å². The largest absolute Gasteiger partial charge is 0.492 e. The number of allylic oxidation sites excluding steroid dienone is 3. The van der Waals surface area contributed by atoms with Gasteiger partial charge in [0.2, 0.25) is 0 Å². The van der Waals surface area contributed by atoms with Crippen LogP contribution < -0.4 is 18.9 Å². The number of benzene rings is 4. The monoisotopic (exact) mass is 1100 g/mol. The molecule has 2 aromatic heterocycles.